The Morgan fingerprint density at radius 3 is 2.35 bits per heavy atom. The topological polar surface area (TPSA) is 57.6 Å². The second-order valence-electron chi connectivity index (χ2n) is 5.41. The number of carbonyl (C=O) groups is 2. The first-order valence-corrected chi connectivity index (χ1v) is 6.15. The maximum absolute atomic E-state index is 11.9. The van der Waals surface area contributed by atoms with Crippen LogP contribution >= 0.6 is 0 Å². The second-order valence-corrected chi connectivity index (χ2v) is 5.41. The number of likely N-dealkylation sites (tertiary alicyclic amines) is 1. The van der Waals surface area contributed by atoms with Crippen molar-refractivity contribution in [3.8, 4) is 0 Å². The summed E-state index contributed by atoms with van der Waals surface area (Å²) >= 11 is 0. The van der Waals surface area contributed by atoms with Crippen LogP contribution in [0.3, 0.4) is 0 Å². The van der Waals surface area contributed by atoms with Crippen LogP contribution in [0.4, 0.5) is 0 Å². The van der Waals surface area contributed by atoms with Gasteiger partial charge < -0.3 is 10.0 Å². The van der Waals surface area contributed by atoms with Crippen LogP contribution in [0.15, 0.2) is 11.6 Å². The first-order valence-electron chi connectivity index (χ1n) is 6.15. The Hall–Kier alpha value is -1.32. The van der Waals surface area contributed by atoms with Gasteiger partial charge in [-0.15, -0.1) is 0 Å². The van der Waals surface area contributed by atoms with Crippen LogP contribution in [0.25, 0.3) is 0 Å². The van der Waals surface area contributed by atoms with E-state index in [4.69, 9.17) is 0 Å². The highest BCUT2D eigenvalue weighted by Crippen LogP contribution is 2.44. The molecule has 1 aliphatic heterocycles. The predicted octanol–water partition coefficient (Wildman–Crippen LogP) is 1.52. The molecule has 0 spiro atoms. The molecule has 2 atom stereocenters. The first kappa shape index (κ1) is 12.1. The van der Waals surface area contributed by atoms with Gasteiger partial charge in [0.2, 0.25) is 5.91 Å². The van der Waals surface area contributed by atoms with Gasteiger partial charge in [0.05, 0.1) is 5.92 Å². The van der Waals surface area contributed by atoms with Gasteiger partial charge in [-0.3, -0.25) is 9.59 Å². The zero-order valence-electron chi connectivity index (χ0n) is 10.3. The van der Waals surface area contributed by atoms with E-state index < -0.39 is 5.97 Å². The summed E-state index contributed by atoms with van der Waals surface area (Å²) < 4.78 is 0. The van der Waals surface area contributed by atoms with Gasteiger partial charge in [0.25, 0.3) is 0 Å². The van der Waals surface area contributed by atoms with Gasteiger partial charge in [0.1, 0.15) is 0 Å². The lowest BCUT2D eigenvalue weighted by Crippen LogP contribution is -2.28. The monoisotopic (exact) mass is 237 g/mol. The van der Waals surface area contributed by atoms with Crippen LogP contribution < -0.4 is 0 Å². The van der Waals surface area contributed by atoms with Crippen molar-refractivity contribution in [3.05, 3.63) is 11.6 Å². The summed E-state index contributed by atoms with van der Waals surface area (Å²) in [6, 6.07) is 0. The van der Waals surface area contributed by atoms with E-state index >= 15 is 0 Å². The molecule has 1 aliphatic carbocycles. The predicted molar refractivity (Wildman–Crippen MR) is 63.4 cm³/mol. The van der Waals surface area contributed by atoms with Gasteiger partial charge in [-0.25, -0.2) is 0 Å². The average molecular weight is 237 g/mol. The highest BCUT2D eigenvalue weighted by atomic mass is 16.4. The maximum Gasteiger partial charge on any atom is 0.308 e. The Morgan fingerprint density at radius 1 is 1.24 bits per heavy atom. The van der Waals surface area contributed by atoms with Gasteiger partial charge in [0, 0.05) is 19.2 Å². The van der Waals surface area contributed by atoms with Gasteiger partial charge in [-0.1, -0.05) is 5.57 Å². The minimum Gasteiger partial charge on any atom is -0.481 e. The molecule has 1 heterocycles. The Bertz CT molecular complexity index is 367. The summed E-state index contributed by atoms with van der Waals surface area (Å²) in [7, 11) is 0. The number of nitrogens with zero attached hydrogens (tertiary/aromatic N) is 1. The molecule has 0 bridgehead atoms. The zero-order chi connectivity index (χ0) is 12.6. The molecule has 0 aromatic carbocycles. The van der Waals surface area contributed by atoms with Crippen LogP contribution in [0.5, 0.6) is 0 Å². The van der Waals surface area contributed by atoms with E-state index in [0.717, 1.165) is 18.4 Å². The maximum atomic E-state index is 11.9. The number of rotatable bonds is 3. The third-order valence-electron chi connectivity index (χ3n) is 3.63. The number of carboxylic acid groups (broad SMARTS) is 1. The third-order valence-corrected chi connectivity index (χ3v) is 3.63. The van der Waals surface area contributed by atoms with Crippen LogP contribution in [-0.2, 0) is 9.59 Å². The molecule has 2 rings (SSSR count). The summed E-state index contributed by atoms with van der Waals surface area (Å²) in [4.78, 5) is 24.7. The standard InChI is InChI=1S/C13H19NO3/c1-8(2)5-12(15)14-6-10(9-3-4-9)11(7-14)13(16)17/h5,9-11H,3-4,6-7H2,1-2H3,(H,16,17)/t10-,11+/m0/s1. The molecule has 0 aromatic heterocycles. The Balaban J connectivity index is 2.06. The smallest absolute Gasteiger partial charge is 0.308 e. The summed E-state index contributed by atoms with van der Waals surface area (Å²) in [5.74, 6) is -0.464. The van der Waals surface area contributed by atoms with Crippen LogP contribution in [0.1, 0.15) is 26.7 Å². The number of carboxylic acids is 1. The average Bonchev–Trinajstić information content (AvgIpc) is 2.95. The Kier molecular flexibility index (Phi) is 3.22. The molecule has 1 N–H and O–H groups in total. The fourth-order valence-electron chi connectivity index (χ4n) is 2.61. The highest BCUT2D eigenvalue weighted by Gasteiger charge is 2.46. The highest BCUT2D eigenvalue weighted by molar-refractivity contribution is 5.89. The van der Waals surface area contributed by atoms with E-state index in [1.807, 2.05) is 13.8 Å². The van der Waals surface area contributed by atoms with Crippen molar-refractivity contribution in [1.29, 1.82) is 0 Å². The van der Waals surface area contributed by atoms with Crippen molar-refractivity contribution in [1.82, 2.24) is 4.90 Å². The molecule has 2 aliphatic rings. The van der Waals surface area contributed by atoms with Crippen molar-refractivity contribution in [2.45, 2.75) is 26.7 Å². The molecule has 0 unspecified atom stereocenters. The molecule has 4 nitrogen and oxygen atoms in total. The fourth-order valence-corrected chi connectivity index (χ4v) is 2.61. The van der Waals surface area contributed by atoms with Crippen LogP contribution in [0.2, 0.25) is 0 Å². The largest absolute Gasteiger partial charge is 0.481 e. The Labute approximate surface area is 101 Å². The van der Waals surface area contributed by atoms with E-state index in [2.05, 4.69) is 0 Å². The lowest BCUT2D eigenvalue weighted by molar-refractivity contribution is -0.142. The first-order chi connectivity index (χ1) is 7.99. The minimum absolute atomic E-state index is 0.0422. The van der Waals surface area contributed by atoms with Crippen molar-refractivity contribution in [2.75, 3.05) is 13.1 Å². The van der Waals surface area contributed by atoms with Gasteiger partial charge >= 0.3 is 5.97 Å². The normalized spacial score (nSPS) is 28.0. The molecule has 0 aromatic rings. The van der Waals surface area contributed by atoms with Crippen LogP contribution in [0, 0.1) is 17.8 Å². The summed E-state index contributed by atoms with van der Waals surface area (Å²) in [6.45, 7) is 4.74. The van der Waals surface area contributed by atoms with Gasteiger partial charge in [-0.05, 0) is 38.5 Å². The van der Waals surface area contributed by atoms with Crippen LogP contribution in [-0.4, -0.2) is 35.0 Å². The van der Waals surface area contributed by atoms with Gasteiger partial charge in [-0.2, -0.15) is 0 Å². The lowest BCUT2D eigenvalue weighted by atomic mass is 9.92. The molecule has 94 valence electrons. The Morgan fingerprint density at radius 2 is 1.88 bits per heavy atom. The number of aliphatic carboxylic acids is 1. The van der Waals surface area contributed by atoms with Gasteiger partial charge in [0.15, 0.2) is 0 Å². The molecular weight excluding hydrogens is 218 g/mol. The van der Waals surface area contributed by atoms with Crippen molar-refractivity contribution < 1.29 is 14.7 Å². The molecule has 0 radical (unpaired) electrons. The molecule has 4 heteroatoms. The molecular formula is C13H19NO3. The minimum atomic E-state index is -0.755. The molecule has 17 heavy (non-hydrogen) atoms. The lowest BCUT2D eigenvalue weighted by Gasteiger charge is -2.14. The number of allylic oxidation sites excluding steroid dienone is 1. The number of hydrogen-bond acceptors (Lipinski definition) is 2. The van der Waals surface area contributed by atoms with E-state index in [1.54, 1.807) is 11.0 Å². The third kappa shape index (κ3) is 2.68. The number of carbonyl (C=O) groups excluding carboxylic acids is 1. The summed E-state index contributed by atoms with van der Waals surface area (Å²) in [5.41, 5.74) is 0.955. The summed E-state index contributed by atoms with van der Waals surface area (Å²) in [5, 5.41) is 9.19. The number of hydrogen-bond donors (Lipinski definition) is 1. The molecule has 1 saturated carbocycles. The van der Waals surface area contributed by atoms with Crippen molar-refractivity contribution in [2.24, 2.45) is 17.8 Å². The van der Waals surface area contributed by atoms with E-state index in [9.17, 15) is 14.7 Å². The van der Waals surface area contributed by atoms with Crippen molar-refractivity contribution in [3.63, 3.8) is 0 Å². The quantitative estimate of drug-likeness (QED) is 0.757. The van der Waals surface area contributed by atoms with E-state index in [-0.39, 0.29) is 17.7 Å². The SMILES string of the molecule is CC(C)=CC(=O)N1C[C@@H](C(=O)O)[C@H](C2CC2)C1. The van der Waals surface area contributed by atoms with Crippen molar-refractivity contribution >= 4 is 11.9 Å². The second kappa shape index (κ2) is 4.51. The van der Waals surface area contributed by atoms with E-state index in [1.165, 1.54) is 0 Å². The zero-order valence-corrected chi connectivity index (χ0v) is 10.3. The summed E-state index contributed by atoms with van der Waals surface area (Å²) in [6.07, 6.45) is 3.84. The van der Waals surface area contributed by atoms with E-state index in [0.29, 0.717) is 19.0 Å². The molecule has 1 saturated heterocycles. The fraction of sp³-hybridized carbons (Fsp3) is 0.692. The number of amides is 1. The molecule has 2 fully saturated rings. The molecule has 1 amide bonds.